The first-order valence-electron chi connectivity index (χ1n) is 8.65. The molecule has 3 heteroatoms. The minimum Gasteiger partial charge on any atom is -0.481 e. The molecule has 0 heterocycles. The summed E-state index contributed by atoms with van der Waals surface area (Å²) in [5, 5.41) is 5.35. The van der Waals surface area contributed by atoms with E-state index in [4.69, 9.17) is 4.74 Å². The number of amides is 1. The maximum atomic E-state index is 12.5. The lowest BCUT2D eigenvalue weighted by Gasteiger charge is -2.18. The van der Waals surface area contributed by atoms with Crippen molar-refractivity contribution >= 4 is 16.7 Å². The van der Waals surface area contributed by atoms with E-state index in [1.165, 1.54) is 10.9 Å². The summed E-state index contributed by atoms with van der Waals surface area (Å²) in [5.74, 6) is 0.633. The summed E-state index contributed by atoms with van der Waals surface area (Å²) in [6.07, 6.45) is 0.132. The molecule has 128 valence electrons. The van der Waals surface area contributed by atoms with Crippen LogP contribution in [0, 0.1) is 6.92 Å². The fourth-order valence-corrected chi connectivity index (χ4v) is 2.85. The summed E-state index contributed by atoms with van der Waals surface area (Å²) < 4.78 is 5.84. The average molecular weight is 333 g/mol. The Morgan fingerprint density at radius 2 is 1.72 bits per heavy atom. The molecule has 0 spiro atoms. The minimum atomic E-state index is -0.488. The second kappa shape index (κ2) is 7.84. The number of benzene rings is 3. The van der Waals surface area contributed by atoms with Gasteiger partial charge in [0.15, 0.2) is 6.10 Å². The van der Waals surface area contributed by atoms with Crippen LogP contribution < -0.4 is 10.1 Å². The Hall–Kier alpha value is -2.81. The number of fused-ring (bicyclic) bond motifs is 1. The van der Waals surface area contributed by atoms with Gasteiger partial charge in [0.1, 0.15) is 5.75 Å². The van der Waals surface area contributed by atoms with Crippen LogP contribution in [-0.4, -0.2) is 12.0 Å². The molecule has 0 aliphatic heterocycles. The normalized spacial score (nSPS) is 11.9. The first-order chi connectivity index (χ1) is 12.2. The zero-order valence-electron chi connectivity index (χ0n) is 14.7. The third-order valence-electron chi connectivity index (χ3n) is 4.30. The second-order valence-electron chi connectivity index (χ2n) is 6.18. The topological polar surface area (TPSA) is 38.3 Å². The van der Waals surface area contributed by atoms with Crippen molar-refractivity contribution in [3.05, 3.63) is 77.9 Å². The molecule has 0 aromatic heterocycles. The summed E-state index contributed by atoms with van der Waals surface area (Å²) in [6.45, 7) is 4.47. The van der Waals surface area contributed by atoms with Gasteiger partial charge < -0.3 is 10.1 Å². The molecule has 3 aromatic rings. The molecule has 0 aliphatic rings. The van der Waals surface area contributed by atoms with Gasteiger partial charge in [-0.15, -0.1) is 0 Å². The lowest BCUT2D eigenvalue weighted by Crippen LogP contribution is -2.37. The van der Waals surface area contributed by atoms with E-state index in [0.717, 1.165) is 16.7 Å². The predicted molar refractivity (Wildman–Crippen MR) is 102 cm³/mol. The molecule has 1 N–H and O–H groups in total. The zero-order valence-corrected chi connectivity index (χ0v) is 14.7. The third kappa shape index (κ3) is 4.18. The molecule has 0 fully saturated rings. The van der Waals surface area contributed by atoms with Gasteiger partial charge in [0.2, 0.25) is 0 Å². The van der Waals surface area contributed by atoms with Gasteiger partial charge >= 0.3 is 0 Å². The molecule has 0 radical (unpaired) electrons. The molecule has 0 unspecified atom stereocenters. The van der Waals surface area contributed by atoms with Gasteiger partial charge in [-0.1, -0.05) is 67.1 Å². The molecular formula is C22H23NO2. The fourth-order valence-electron chi connectivity index (χ4n) is 2.85. The molecule has 0 aliphatic carbocycles. The van der Waals surface area contributed by atoms with E-state index in [-0.39, 0.29) is 5.91 Å². The van der Waals surface area contributed by atoms with E-state index in [0.29, 0.717) is 13.0 Å². The van der Waals surface area contributed by atoms with Crippen molar-refractivity contribution in [2.45, 2.75) is 32.9 Å². The number of nitrogens with one attached hydrogen (secondary N) is 1. The van der Waals surface area contributed by atoms with Gasteiger partial charge in [0.05, 0.1) is 0 Å². The zero-order chi connectivity index (χ0) is 17.6. The fraction of sp³-hybridized carbons (Fsp3) is 0.227. The van der Waals surface area contributed by atoms with E-state index in [2.05, 4.69) is 23.5 Å². The minimum absolute atomic E-state index is 0.0870. The van der Waals surface area contributed by atoms with Gasteiger partial charge in [-0.05, 0) is 41.8 Å². The number of carbonyl (C=O) groups is 1. The van der Waals surface area contributed by atoms with Crippen LogP contribution in [0.25, 0.3) is 10.8 Å². The van der Waals surface area contributed by atoms with E-state index in [1.807, 2.05) is 62.4 Å². The van der Waals surface area contributed by atoms with E-state index >= 15 is 0 Å². The third-order valence-corrected chi connectivity index (χ3v) is 4.30. The van der Waals surface area contributed by atoms with E-state index < -0.39 is 6.10 Å². The summed E-state index contributed by atoms with van der Waals surface area (Å²) in [6, 6.07) is 22.1. The number of hydrogen-bond donors (Lipinski definition) is 1. The Morgan fingerprint density at radius 3 is 2.48 bits per heavy atom. The van der Waals surface area contributed by atoms with Crippen LogP contribution in [0.5, 0.6) is 5.75 Å². The van der Waals surface area contributed by atoms with Crippen LogP contribution in [-0.2, 0) is 11.3 Å². The van der Waals surface area contributed by atoms with Gasteiger partial charge in [-0.2, -0.15) is 0 Å². The maximum Gasteiger partial charge on any atom is 0.261 e. The maximum absolute atomic E-state index is 12.5. The van der Waals surface area contributed by atoms with Gasteiger partial charge in [-0.3, -0.25) is 4.79 Å². The summed E-state index contributed by atoms with van der Waals surface area (Å²) in [4.78, 5) is 12.5. The monoisotopic (exact) mass is 333 g/mol. The number of carbonyl (C=O) groups excluding carboxylic acids is 1. The van der Waals surface area contributed by atoms with Crippen molar-refractivity contribution in [2.75, 3.05) is 0 Å². The highest BCUT2D eigenvalue weighted by Crippen LogP contribution is 2.19. The lowest BCUT2D eigenvalue weighted by molar-refractivity contribution is -0.128. The Balaban J connectivity index is 1.66. The number of hydrogen-bond acceptors (Lipinski definition) is 2. The smallest absolute Gasteiger partial charge is 0.261 e. The van der Waals surface area contributed by atoms with E-state index in [1.54, 1.807) is 0 Å². The Kier molecular flexibility index (Phi) is 5.34. The number of rotatable bonds is 6. The highest BCUT2D eigenvalue weighted by atomic mass is 16.5. The molecular weight excluding hydrogens is 310 g/mol. The van der Waals surface area contributed by atoms with Crippen LogP contribution in [0.3, 0.4) is 0 Å². The van der Waals surface area contributed by atoms with Gasteiger partial charge in [0.25, 0.3) is 5.91 Å². The number of aryl methyl sites for hydroxylation is 1. The van der Waals surface area contributed by atoms with Crippen molar-refractivity contribution in [2.24, 2.45) is 0 Å². The highest BCUT2D eigenvalue weighted by Gasteiger charge is 2.18. The predicted octanol–water partition coefficient (Wildman–Crippen LogP) is 4.62. The Bertz CT molecular complexity index is 850. The average Bonchev–Trinajstić information content (AvgIpc) is 2.65. The first-order valence-corrected chi connectivity index (χ1v) is 8.65. The van der Waals surface area contributed by atoms with Crippen LogP contribution in [0.4, 0.5) is 0 Å². The summed E-state index contributed by atoms with van der Waals surface area (Å²) >= 11 is 0. The summed E-state index contributed by atoms with van der Waals surface area (Å²) in [7, 11) is 0. The Morgan fingerprint density at radius 1 is 1.00 bits per heavy atom. The van der Waals surface area contributed by atoms with Crippen LogP contribution >= 0.6 is 0 Å². The van der Waals surface area contributed by atoms with Crippen molar-refractivity contribution in [1.82, 2.24) is 5.32 Å². The molecule has 25 heavy (non-hydrogen) atoms. The van der Waals surface area contributed by atoms with Crippen molar-refractivity contribution in [3.8, 4) is 5.75 Å². The van der Waals surface area contributed by atoms with E-state index in [9.17, 15) is 4.79 Å². The molecule has 3 rings (SSSR count). The van der Waals surface area contributed by atoms with Crippen molar-refractivity contribution in [3.63, 3.8) is 0 Å². The SMILES string of the molecule is CC[C@@H](Oc1ccc(C)cc1)C(=O)NCc1cccc2ccccc12. The molecule has 3 aromatic carbocycles. The molecule has 0 saturated heterocycles. The second-order valence-corrected chi connectivity index (χ2v) is 6.18. The van der Waals surface area contributed by atoms with Crippen molar-refractivity contribution < 1.29 is 9.53 Å². The van der Waals surface area contributed by atoms with Gasteiger partial charge in [0, 0.05) is 6.54 Å². The lowest BCUT2D eigenvalue weighted by atomic mass is 10.0. The highest BCUT2D eigenvalue weighted by molar-refractivity contribution is 5.86. The first kappa shape index (κ1) is 17.0. The van der Waals surface area contributed by atoms with Crippen molar-refractivity contribution in [1.29, 1.82) is 0 Å². The van der Waals surface area contributed by atoms with Gasteiger partial charge in [-0.25, -0.2) is 0 Å². The number of ether oxygens (including phenoxy) is 1. The molecule has 0 saturated carbocycles. The van der Waals surface area contributed by atoms with Crippen LogP contribution in [0.1, 0.15) is 24.5 Å². The standard InChI is InChI=1S/C22H23NO2/c1-3-21(25-19-13-11-16(2)12-14-19)22(24)23-15-18-9-6-8-17-7-4-5-10-20(17)18/h4-14,21H,3,15H2,1-2H3,(H,23,24)/t21-/m1/s1. The largest absolute Gasteiger partial charge is 0.481 e. The molecule has 0 bridgehead atoms. The molecule has 1 atom stereocenters. The van der Waals surface area contributed by atoms with Crippen LogP contribution in [0.15, 0.2) is 66.7 Å². The quantitative estimate of drug-likeness (QED) is 0.715. The molecule has 3 nitrogen and oxygen atoms in total. The summed E-state index contributed by atoms with van der Waals surface area (Å²) in [5.41, 5.74) is 2.28. The van der Waals surface area contributed by atoms with Crippen LogP contribution in [0.2, 0.25) is 0 Å². The molecule has 1 amide bonds. The Labute approximate surface area is 148 Å².